The Hall–Kier alpha value is -2.32. The highest BCUT2D eigenvalue weighted by Crippen LogP contribution is 2.51. The lowest BCUT2D eigenvalue weighted by molar-refractivity contribution is -0.124. The maximum absolute atomic E-state index is 13.1. The van der Waals surface area contributed by atoms with E-state index in [0.717, 1.165) is 49.3 Å². The molecule has 178 valence electrons. The van der Waals surface area contributed by atoms with Crippen molar-refractivity contribution >= 4 is 21.8 Å². The van der Waals surface area contributed by atoms with Crippen molar-refractivity contribution in [3.8, 4) is 11.5 Å². The Morgan fingerprint density at radius 3 is 2.52 bits per heavy atom. The normalized spacial score (nSPS) is 20.8. The van der Waals surface area contributed by atoms with Crippen molar-refractivity contribution in [1.82, 2.24) is 15.2 Å². The minimum absolute atomic E-state index is 0.152. The molecule has 1 fully saturated rings. The van der Waals surface area contributed by atoms with E-state index in [2.05, 4.69) is 38.1 Å². The van der Waals surface area contributed by atoms with Crippen LogP contribution in [0.2, 0.25) is 0 Å². The number of nitrogens with zero attached hydrogens (tertiary/aromatic N) is 1. The number of carbonyl (C=O) groups excluding carboxylic acids is 1. The van der Waals surface area contributed by atoms with Crippen LogP contribution in [0, 0.1) is 26.7 Å². The number of H-pyrrole nitrogens is 1. The van der Waals surface area contributed by atoms with Crippen molar-refractivity contribution < 1.29 is 14.3 Å². The van der Waals surface area contributed by atoms with Crippen LogP contribution < -0.4 is 20.3 Å². The maximum atomic E-state index is 13.1. The predicted octanol–water partition coefficient (Wildman–Crippen LogP) is 4.21. The number of likely N-dealkylation sites (tertiary alicyclic amines) is 1. The molecule has 2 N–H and O–H groups in total. The van der Waals surface area contributed by atoms with Gasteiger partial charge in [0, 0.05) is 41.8 Å². The second-order valence-electron chi connectivity index (χ2n) is 9.24. The molecule has 0 bridgehead atoms. The first-order valence-corrected chi connectivity index (χ1v) is 12.3. The molecule has 2 aliphatic heterocycles. The van der Waals surface area contributed by atoms with E-state index in [1.165, 1.54) is 0 Å². The summed E-state index contributed by atoms with van der Waals surface area (Å²) in [5, 5.41) is 2.89. The fourth-order valence-corrected chi connectivity index (χ4v) is 5.38. The molecule has 2 aliphatic rings. The summed E-state index contributed by atoms with van der Waals surface area (Å²) < 4.78 is 13.5. The van der Waals surface area contributed by atoms with Crippen molar-refractivity contribution in [2.45, 2.75) is 59.8 Å². The molecule has 8 heteroatoms. The SMILES string of the molecule is CCN1CCC(C2(C)Oc3c(Br)cc(C(=O)NCc4c(C)cc(C)[nH]c4=O)c(C)c3O2)CC1. The van der Waals surface area contributed by atoms with Gasteiger partial charge in [-0.3, -0.25) is 9.59 Å². The zero-order valence-electron chi connectivity index (χ0n) is 19.9. The number of pyridine rings is 1. The lowest BCUT2D eigenvalue weighted by Crippen LogP contribution is -2.48. The third-order valence-electron chi connectivity index (χ3n) is 6.99. The number of carbonyl (C=O) groups is 1. The first kappa shape index (κ1) is 23.8. The molecule has 4 rings (SSSR count). The Balaban J connectivity index is 1.53. The highest BCUT2D eigenvalue weighted by molar-refractivity contribution is 9.10. The van der Waals surface area contributed by atoms with E-state index in [-0.39, 0.29) is 23.9 Å². The van der Waals surface area contributed by atoms with Gasteiger partial charge in [-0.25, -0.2) is 0 Å². The number of fused-ring (bicyclic) bond motifs is 1. The van der Waals surface area contributed by atoms with E-state index in [9.17, 15) is 9.59 Å². The summed E-state index contributed by atoms with van der Waals surface area (Å²) >= 11 is 3.58. The van der Waals surface area contributed by atoms with Crippen LogP contribution in [0.15, 0.2) is 21.4 Å². The number of aromatic nitrogens is 1. The maximum Gasteiger partial charge on any atom is 0.253 e. The fourth-order valence-electron chi connectivity index (χ4n) is 4.89. The van der Waals surface area contributed by atoms with Crippen molar-refractivity contribution in [2.75, 3.05) is 19.6 Å². The van der Waals surface area contributed by atoms with E-state index < -0.39 is 5.79 Å². The number of piperidine rings is 1. The minimum atomic E-state index is -0.753. The summed E-state index contributed by atoms with van der Waals surface area (Å²) in [7, 11) is 0. The second-order valence-corrected chi connectivity index (χ2v) is 10.1. The van der Waals surface area contributed by atoms with Gasteiger partial charge in [-0.15, -0.1) is 0 Å². The standard InChI is InChI=1S/C25H32BrN3O4/c1-6-29-9-7-17(8-10-29)25(5)32-21-16(4)18(12-20(26)22(21)33-25)23(30)27-13-19-14(2)11-15(3)28-24(19)31/h11-12,17H,6-10,13H2,1-5H3,(H,27,30)(H,28,31). The first-order valence-electron chi connectivity index (χ1n) is 11.5. The van der Waals surface area contributed by atoms with E-state index in [4.69, 9.17) is 9.47 Å². The lowest BCUT2D eigenvalue weighted by atomic mass is 9.89. The zero-order chi connectivity index (χ0) is 23.9. The number of aryl methyl sites for hydroxylation is 2. The smallest absolute Gasteiger partial charge is 0.253 e. The Morgan fingerprint density at radius 2 is 1.88 bits per heavy atom. The van der Waals surface area contributed by atoms with Crippen LogP contribution in [-0.4, -0.2) is 41.2 Å². The molecule has 7 nitrogen and oxygen atoms in total. The van der Waals surface area contributed by atoms with Crippen molar-refractivity contribution in [3.05, 3.63) is 54.9 Å². The van der Waals surface area contributed by atoms with Gasteiger partial charge in [0.2, 0.25) is 0 Å². The van der Waals surface area contributed by atoms with Crippen molar-refractivity contribution in [1.29, 1.82) is 0 Å². The van der Waals surface area contributed by atoms with E-state index in [1.807, 2.05) is 33.8 Å². The molecule has 1 saturated heterocycles. The van der Waals surface area contributed by atoms with Crippen LogP contribution in [0.4, 0.5) is 0 Å². The summed E-state index contributed by atoms with van der Waals surface area (Å²) in [6.45, 7) is 13.0. The molecule has 1 aromatic heterocycles. The number of aromatic amines is 1. The number of hydrogen-bond donors (Lipinski definition) is 2. The van der Waals surface area contributed by atoms with Crippen molar-refractivity contribution in [3.63, 3.8) is 0 Å². The molecule has 1 atom stereocenters. The summed E-state index contributed by atoms with van der Waals surface area (Å²) in [5.74, 6) is 0.516. The number of rotatable bonds is 5. The first-order chi connectivity index (χ1) is 15.6. The largest absolute Gasteiger partial charge is 0.448 e. The van der Waals surface area contributed by atoms with Gasteiger partial charge >= 0.3 is 0 Å². The van der Waals surface area contributed by atoms with Crippen LogP contribution >= 0.6 is 15.9 Å². The van der Waals surface area contributed by atoms with Crippen LogP contribution in [0.3, 0.4) is 0 Å². The Morgan fingerprint density at radius 1 is 1.21 bits per heavy atom. The van der Waals surface area contributed by atoms with Gasteiger partial charge in [-0.1, -0.05) is 6.92 Å². The molecule has 1 unspecified atom stereocenters. The van der Waals surface area contributed by atoms with Gasteiger partial charge in [-0.05, 0) is 86.9 Å². The van der Waals surface area contributed by atoms with Crippen LogP contribution in [0.1, 0.15) is 59.4 Å². The number of halogens is 1. The van der Waals surface area contributed by atoms with E-state index >= 15 is 0 Å². The summed E-state index contributed by atoms with van der Waals surface area (Å²) in [4.78, 5) is 30.6. The van der Waals surface area contributed by atoms with Gasteiger partial charge in [-0.2, -0.15) is 0 Å². The molecule has 0 aliphatic carbocycles. The molecule has 1 aromatic carbocycles. The minimum Gasteiger partial charge on any atom is -0.448 e. The number of benzene rings is 1. The highest BCUT2D eigenvalue weighted by atomic mass is 79.9. The Kier molecular flexibility index (Phi) is 6.60. The third kappa shape index (κ3) is 4.55. The number of amides is 1. The number of hydrogen-bond acceptors (Lipinski definition) is 5. The fraction of sp³-hybridized carbons (Fsp3) is 0.520. The summed E-state index contributed by atoms with van der Waals surface area (Å²) in [5.41, 5.74) is 3.25. The monoisotopic (exact) mass is 517 g/mol. The highest BCUT2D eigenvalue weighted by Gasteiger charge is 2.47. The lowest BCUT2D eigenvalue weighted by Gasteiger charge is -2.38. The predicted molar refractivity (Wildman–Crippen MR) is 131 cm³/mol. The molecule has 0 saturated carbocycles. The zero-order valence-corrected chi connectivity index (χ0v) is 21.5. The van der Waals surface area contributed by atoms with Crippen LogP contribution in [0.5, 0.6) is 11.5 Å². The van der Waals surface area contributed by atoms with E-state index in [1.54, 1.807) is 6.07 Å². The average molecular weight is 518 g/mol. The van der Waals surface area contributed by atoms with Crippen LogP contribution in [0.25, 0.3) is 0 Å². The van der Waals surface area contributed by atoms with Gasteiger partial charge in [0.25, 0.3) is 17.3 Å². The molecular formula is C25H32BrN3O4. The number of ether oxygens (including phenoxy) is 2. The summed E-state index contributed by atoms with van der Waals surface area (Å²) in [6, 6.07) is 3.67. The molecule has 0 radical (unpaired) electrons. The molecule has 3 heterocycles. The molecular weight excluding hydrogens is 486 g/mol. The third-order valence-corrected chi connectivity index (χ3v) is 7.58. The quantitative estimate of drug-likeness (QED) is 0.620. The molecule has 0 spiro atoms. The van der Waals surface area contributed by atoms with Gasteiger partial charge in [0.1, 0.15) is 0 Å². The van der Waals surface area contributed by atoms with Gasteiger partial charge < -0.3 is 24.7 Å². The topological polar surface area (TPSA) is 83.7 Å². The van der Waals surface area contributed by atoms with E-state index in [0.29, 0.717) is 27.1 Å². The molecule has 33 heavy (non-hydrogen) atoms. The molecule has 2 aromatic rings. The Bertz CT molecular complexity index is 1140. The second kappa shape index (κ2) is 9.14. The van der Waals surface area contributed by atoms with Crippen LogP contribution in [-0.2, 0) is 6.54 Å². The van der Waals surface area contributed by atoms with Gasteiger partial charge in [0.15, 0.2) is 11.5 Å². The van der Waals surface area contributed by atoms with Gasteiger partial charge in [0.05, 0.1) is 4.47 Å². The summed E-state index contributed by atoms with van der Waals surface area (Å²) in [6.07, 6.45) is 2.01. The molecule has 1 amide bonds. The Labute approximate surface area is 203 Å². The van der Waals surface area contributed by atoms with Crippen molar-refractivity contribution in [2.24, 2.45) is 5.92 Å². The number of nitrogens with one attached hydrogen (secondary N) is 2. The average Bonchev–Trinajstić information content (AvgIpc) is 3.15.